The zero-order valence-corrected chi connectivity index (χ0v) is 19.9. The second kappa shape index (κ2) is 9.15. The standard InChI is InChI=1S/C28H25N3O2S/c1-19-12-13-22(16-20(19)2)31-27(32)25(29-28(31)34)17-21-18-30(26-11-7-6-10-24(21)26)14-15-33-23-8-4-3-5-9-23/h3-13,16-18H,14-15H2,1-2H3,(H,29,34)/b25-17-. The zero-order valence-electron chi connectivity index (χ0n) is 19.1. The van der Waals surface area contributed by atoms with Gasteiger partial charge in [0.05, 0.1) is 12.2 Å². The van der Waals surface area contributed by atoms with E-state index in [4.69, 9.17) is 17.0 Å². The fourth-order valence-corrected chi connectivity index (χ4v) is 4.44. The number of nitrogens with zero attached hydrogens (tertiary/aromatic N) is 2. The number of benzene rings is 3. The number of ether oxygens (including phenoxy) is 1. The van der Waals surface area contributed by atoms with Gasteiger partial charge in [-0.15, -0.1) is 0 Å². The molecule has 1 fully saturated rings. The number of rotatable bonds is 6. The smallest absolute Gasteiger partial charge is 0.281 e. The van der Waals surface area contributed by atoms with Crippen molar-refractivity contribution in [1.82, 2.24) is 9.88 Å². The normalized spacial score (nSPS) is 14.8. The van der Waals surface area contributed by atoms with Crippen LogP contribution in [0.15, 0.2) is 84.7 Å². The molecule has 34 heavy (non-hydrogen) atoms. The Labute approximate surface area is 204 Å². The van der Waals surface area contributed by atoms with Crippen LogP contribution in [0, 0.1) is 13.8 Å². The van der Waals surface area contributed by atoms with Crippen LogP contribution in [0.4, 0.5) is 5.69 Å². The van der Waals surface area contributed by atoms with Gasteiger partial charge in [0.1, 0.15) is 18.1 Å². The molecule has 1 aromatic heterocycles. The minimum Gasteiger partial charge on any atom is -0.492 e. The molecule has 0 unspecified atom stereocenters. The number of para-hydroxylation sites is 2. The Morgan fingerprint density at radius 3 is 2.53 bits per heavy atom. The minimum absolute atomic E-state index is 0.155. The molecule has 4 aromatic rings. The second-order valence-corrected chi connectivity index (χ2v) is 8.74. The van der Waals surface area contributed by atoms with E-state index in [-0.39, 0.29) is 5.91 Å². The predicted molar refractivity (Wildman–Crippen MR) is 141 cm³/mol. The van der Waals surface area contributed by atoms with Gasteiger partial charge < -0.3 is 14.6 Å². The lowest BCUT2D eigenvalue weighted by Crippen LogP contribution is -2.30. The van der Waals surface area contributed by atoms with Gasteiger partial charge in [-0.05, 0) is 73.6 Å². The van der Waals surface area contributed by atoms with E-state index in [0.717, 1.165) is 33.5 Å². The molecule has 0 aliphatic carbocycles. The highest BCUT2D eigenvalue weighted by molar-refractivity contribution is 7.80. The molecule has 0 radical (unpaired) electrons. The molecule has 1 amide bonds. The number of hydrogen-bond acceptors (Lipinski definition) is 3. The van der Waals surface area contributed by atoms with Crippen molar-refractivity contribution in [1.29, 1.82) is 0 Å². The summed E-state index contributed by atoms with van der Waals surface area (Å²) < 4.78 is 8.04. The molecule has 0 atom stereocenters. The number of amides is 1. The summed E-state index contributed by atoms with van der Waals surface area (Å²) in [6.07, 6.45) is 3.94. The summed E-state index contributed by atoms with van der Waals surface area (Å²) in [6.45, 7) is 5.31. The largest absolute Gasteiger partial charge is 0.492 e. The second-order valence-electron chi connectivity index (χ2n) is 8.35. The Bertz CT molecular complexity index is 1420. The molecular formula is C28H25N3O2S. The molecule has 0 bridgehead atoms. The SMILES string of the molecule is Cc1ccc(N2C(=O)/C(=C/c3cn(CCOc4ccccc4)c4ccccc34)NC2=S)cc1C. The molecule has 0 saturated carbocycles. The lowest BCUT2D eigenvalue weighted by Gasteiger charge is -2.15. The number of aromatic nitrogens is 1. The fourth-order valence-electron chi connectivity index (χ4n) is 4.14. The first-order valence-corrected chi connectivity index (χ1v) is 11.6. The highest BCUT2D eigenvalue weighted by Crippen LogP contribution is 2.28. The quantitative estimate of drug-likeness (QED) is 0.296. The average molecular weight is 468 g/mol. The van der Waals surface area contributed by atoms with Crippen molar-refractivity contribution in [2.45, 2.75) is 20.4 Å². The van der Waals surface area contributed by atoms with Gasteiger partial charge >= 0.3 is 0 Å². The number of thiocarbonyl (C=S) groups is 1. The van der Waals surface area contributed by atoms with Crippen molar-refractivity contribution < 1.29 is 9.53 Å². The lowest BCUT2D eigenvalue weighted by molar-refractivity contribution is -0.113. The van der Waals surface area contributed by atoms with Gasteiger partial charge in [0.25, 0.3) is 5.91 Å². The Hall–Kier alpha value is -3.90. The van der Waals surface area contributed by atoms with Crippen molar-refractivity contribution in [3.05, 3.63) is 101 Å². The topological polar surface area (TPSA) is 46.5 Å². The monoisotopic (exact) mass is 467 g/mol. The summed E-state index contributed by atoms with van der Waals surface area (Å²) in [5, 5.41) is 4.57. The molecule has 1 N–H and O–H groups in total. The van der Waals surface area contributed by atoms with Crippen LogP contribution >= 0.6 is 12.2 Å². The van der Waals surface area contributed by atoms with Crippen LogP contribution in [-0.4, -0.2) is 22.2 Å². The molecular weight excluding hydrogens is 442 g/mol. The van der Waals surface area contributed by atoms with Gasteiger partial charge in [-0.25, -0.2) is 0 Å². The van der Waals surface area contributed by atoms with E-state index < -0.39 is 0 Å². The molecule has 5 nitrogen and oxygen atoms in total. The summed E-state index contributed by atoms with van der Waals surface area (Å²) in [4.78, 5) is 14.8. The van der Waals surface area contributed by atoms with Gasteiger partial charge in [-0.2, -0.15) is 0 Å². The summed E-state index contributed by atoms with van der Waals surface area (Å²) in [6, 6.07) is 23.9. The predicted octanol–water partition coefficient (Wildman–Crippen LogP) is 5.60. The molecule has 1 aliphatic rings. The molecule has 6 heteroatoms. The highest BCUT2D eigenvalue weighted by atomic mass is 32.1. The van der Waals surface area contributed by atoms with Gasteiger partial charge in [0, 0.05) is 22.7 Å². The number of aryl methyl sites for hydroxylation is 2. The van der Waals surface area contributed by atoms with Crippen LogP contribution in [0.1, 0.15) is 16.7 Å². The van der Waals surface area contributed by atoms with Crippen molar-refractivity contribution in [2.75, 3.05) is 11.5 Å². The maximum absolute atomic E-state index is 13.3. The number of carbonyl (C=O) groups excluding carboxylic acids is 1. The van der Waals surface area contributed by atoms with E-state index >= 15 is 0 Å². The van der Waals surface area contributed by atoms with Gasteiger partial charge in [-0.1, -0.05) is 42.5 Å². The molecule has 5 rings (SSSR count). The summed E-state index contributed by atoms with van der Waals surface area (Å²) in [5.41, 5.74) is 5.57. The molecule has 1 aliphatic heterocycles. The molecule has 2 heterocycles. The van der Waals surface area contributed by atoms with Crippen LogP contribution in [0.3, 0.4) is 0 Å². The lowest BCUT2D eigenvalue weighted by atomic mass is 10.1. The Balaban J connectivity index is 1.42. The van der Waals surface area contributed by atoms with E-state index in [0.29, 0.717) is 24.0 Å². The van der Waals surface area contributed by atoms with Crippen LogP contribution in [0.5, 0.6) is 5.75 Å². The maximum Gasteiger partial charge on any atom is 0.281 e. The summed E-state index contributed by atoms with van der Waals surface area (Å²) >= 11 is 5.51. The van der Waals surface area contributed by atoms with E-state index in [1.165, 1.54) is 5.56 Å². The Morgan fingerprint density at radius 2 is 1.74 bits per heavy atom. The van der Waals surface area contributed by atoms with Crippen molar-refractivity contribution >= 4 is 45.9 Å². The Kier molecular flexibility index (Phi) is 5.90. The van der Waals surface area contributed by atoms with Crippen molar-refractivity contribution in [2.24, 2.45) is 0 Å². The van der Waals surface area contributed by atoms with Crippen molar-refractivity contribution in [3.63, 3.8) is 0 Å². The minimum atomic E-state index is -0.155. The molecule has 0 spiro atoms. The third-order valence-electron chi connectivity index (χ3n) is 6.09. The molecule has 1 saturated heterocycles. The number of hydrogen-bond donors (Lipinski definition) is 1. The first-order valence-electron chi connectivity index (χ1n) is 11.2. The first kappa shape index (κ1) is 21.9. The van der Waals surface area contributed by atoms with Crippen LogP contribution in [-0.2, 0) is 11.3 Å². The first-order chi connectivity index (χ1) is 16.5. The summed E-state index contributed by atoms with van der Waals surface area (Å²) in [5.74, 6) is 0.694. The van der Waals surface area contributed by atoms with E-state index in [1.807, 2.05) is 80.6 Å². The van der Waals surface area contributed by atoms with Crippen LogP contribution in [0.25, 0.3) is 17.0 Å². The van der Waals surface area contributed by atoms with Gasteiger partial charge in [0.15, 0.2) is 5.11 Å². The van der Waals surface area contributed by atoms with Crippen molar-refractivity contribution in [3.8, 4) is 5.75 Å². The highest BCUT2D eigenvalue weighted by Gasteiger charge is 2.32. The van der Waals surface area contributed by atoms with Crippen LogP contribution in [0.2, 0.25) is 0 Å². The van der Waals surface area contributed by atoms with E-state index in [2.05, 4.69) is 28.2 Å². The van der Waals surface area contributed by atoms with E-state index in [1.54, 1.807) is 4.90 Å². The molecule has 170 valence electrons. The fraction of sp³-hybridized carbons (Fsp3) is 0.143. The maximum atomic E-state index is 13.3. The van der Waals surface area contributed by atoms with Gasteiger partial charge in [-0.3, -0.25) is 9.69 Å². The number of anilines is 1. The number of carbonyl (C=O) groups is 1. The number of nitrogens with one attached hydrogen (secondary N) is 1. The third-order valence-corrected chi connectivity index (χ3v) is 6.37. The molecule has 3 aromatic carbocycles. The zero-order chi connectivity index (χ0) is 23.7. The third kappa shape index (κ3) is 4.20. The average Bonchev–Trinajstić information content (AvgIpc) is 3.33. The summed E-state index contributed by atoms with van der Waals surface area (Å²) in [7, 11) is 0. The van der Waals surface area contributed by atoms with E-state index in [9.17, 15) is 4.79 Å². The van der Waals surface area contributed by atoms with Crippen LogP contribution < -0.4 is 15.0 Å². The van der Waals surface area contributed by atoms with Gasteiger partial charge in [0.2, 0.25) is 0 Å². The number of fused-ring (bicyclic) bond motifs is 1. The Morgan fingerprint density at radius 1 is 0.971 bits per heavy atom.